The highest BCUT2D eigenvalue weighted by Crippen LogP contribution is 2.39. The number of amides is 1. The van der Waals surface area contributed by atoms with Gasteiger partial charge in [-0.2, -0.15) is 5.10 Å². The zero-order valence-electron chi connectivity index (χ0n) is 16.4. The molecule has 0 saturated heterocycles. The second-order valence-electron chi connectivity index (χ2n) is 6.69. The molecule has 31 heavy (non-hydrogen) atoms. The van der Waals surface area contributed by atoms with E-state index in [9.17, 15) is 9.59 Å². The Morgan fingerprint density at radius 2 is 1.74 bits per heavy atom. The van der Waals surface area contributed by atoms with Gasteiger partial charge in [0.05, 0.1) is 22.0 Å². The number of benzene rings is 2. The van der Waals surface area contributed by atoms with Crippen LogP contribution in [0.1, 0.15) is 31.8 Å². The van der Waals surface area contributed by atoms with Crippen molar-refractivity contribution in [1.29, 1.82) is 0 Å². The number of carboxylic acids is 1. The van der Waals surface area contributed by atoms with E-state index in [1.807, 2.05) is 19.1 Å². The van der Waals surface area contributed by atoms with Crippen molar-refractivity contribution in [2.45, 2.75) is 6.92 Å². The number of thiophene rings is 1. The Morgan fingerprint density at radius 3 is 2.39 bits per heavy atom. The van der Waals surface area contributed by atoms with Gasteiger partial charge in [0.1, 0.15) is 6.33 Å². The summed E-state index contributed by atoms with van der Waals surface area (Å²) in [4.78, 5) is 32.0. The number of nitrogens with two attached hydrogens (primary N) is 1. The van der Waals surface area contributed by atoms with E-state index in [0.29, 0.717) is 11.4 Å². The fraction of sp³-hybridized carbons (Fsp3) is 0.0455. The first-order valence-corrected chi connectivity index (χ1v) is 10.0. The molecule has 8 nitrogen and oxygen atoms in total. The molecule has 0 aliphatic heterocycles. The van der Waals surface area contributed by atoms with Crippen LogP contribution in [0.2, 0.25) is 0 Å². The summed E-state index contributed by atoms with van der Waals surface area (Å²) < 4.78 is 0.854. The highest BCUT2D eigenvalue weighted by Gasteiger charge is 2.15. The van der Waals surface area contributed by atoms with Gasteiger partial charge in [-0.25, -0.2) is 14.8 Å². The number of carboxylic acid groups (broad SMARTS) is 1. The van der Waals surface area contributed by atoms with Crippen LogP contribution in [-0.2, 0) is 0 Å². The molecule has 0 atom stereocenters. The number of carbonyl (C=O) groups is 2. The first-order chi connectivity index (χ1) is 14.9. The monoisotopic (exact) mass is 431 g/mol. The number of aromatic carboxylic acids is 1. The summed E-state index contributed by atoms with van der Waals surface area (Å²) in [6, 6.07) is 13.5. The molecule has 0 fully saturated rings. The third-order valence-corrected chi connectivity index (χ3v) is 6.01. The van der Waals surface area contributed by atoms with Crippen LogP contribution in [0.5, 0.6) is 0 Å². The first kappa shape index (κ1) is 20.2. The van der Waals surface area contributed by atoms with E-state index in [1.54, 1.807) is 30.5 Å². The smallest absolute Gasteiger partial charge is 0.335 e. The topological polar surface area (TPSA) is 131 Å². The van der Waals surface area contributed by atoms with Crippen LogP contribution < -0.4 is 11.2 Å². The molecular formula is C22H17N5O3S. The lowest BCUT2D eigenvalue weighted by atomic mass is 10.1. The van der Waals surface area contributed by atoms with Crippen LogP contribution in [0, 0.1) is 6.92 Å². The maximum atomic E-state index is 11.3. The zero-order chi connectivity index (χ0) is 22.0. The van der Waals surface area contributed by atoms with Gasteiger partial charge < -0.3 is 10.8 Å². The molecule has 2 aromatic heterocycles. The number of aromatic nitrogens is 2. The fourth-order valence-corrected chi connectivity index (χ4v) is 4.25. The van der Waals surface area contributed by atoms with E-state index in [0.717, 1.165) is 31.8 Å². The first-order valence-electron chi connectivity index (χ1n) is 9.21. The molecule has 0 saturated carbocycles. The van der Waals surface area contributed by atoms with Crippen molar-refractivity contribution in [1.82, 2.24) is 9.97 Å². The summed E-state index contributed by atoms with van der Waals surface area (Å²) in [6.07, 6.45) is 3.06. The van der Waals surface area contributed by atoms with Gasteiger partial charge in [-0.05, 0) is 47.9 Å². The highest BCUT2D eigenvalue weighted by atomic mass is 32.1. The third-order valence-electron chi connectivity index (χ3n) is 4.68. The standard InChI is InChI=1S/C22H17N5O3S/c1-12-17-19(31-18(12)14-6-8-15(9-7-14)20(23)28)21(25-11-24-17)27-26-10-13-2-4-16(5-3-13)22(29)30/h2-11H,1H3,(H2,23,28)(H,29,30)(H,24,25,27). The number of hydrogen-bond acceptors (Lipinski definition) is 7. The van der Waals surface area contributed by atoms with E-state index in [2.05, 4.69) is 20.5 Å². The normalized spacial score (nSPS) is 11.1. The maximum Gasteiger partial charge on any atom is 0.335 e. The molecule has 0 bridgehead atoms. The number of rotatable bonds is 6. The summed E-state index contributed by atoms with van der Waals surface area (Å²) in [7, 11) is 0. The van der Waals surface area contributed by atoms with Crippen LogP contribution in [0.25, 0.3) is 20.7 Å². The molecule has 1 amide bonds. The van der Waals surface area contributed by atoms with Gasteiger partial charge in [0.15, 0.2) is 5.82 Å². The maximum absolute atomic E-state index is 11.3. The zero-order valence-corrected chi connectivity index (χ0v) is 17.2. The number of nitrogens with one attached hydrogen (secondary N) is 1. The molecule has 9 heteroatoms. The van der Waals surface area contributed by atoms with Crippen molar-refractivity contribution in [3.05, 3.63) is 77.1 Å². The van der Waals surface area contributed by atoms with Gasteiger partial charge >= 0.3 is 5.97 Å². The van der Waals surface area contributed by atoms with Gasteiger partial charge in [0.2, 0.25) is 5.91 Å². The van der Waals surface area contributed by atoms with Crippen LogP contribution in [0.3, 0.4) is 0 Å². The lowest BCUT2D eigenvalue weighted by molar-refractivity contribution is 0.0696. The molecule has 4 aromatic rings. The summed E-state index contributed by atoms with van der Waals surface area (Å²) >= 11 is 1.53. The molecular weight excluding hydrogens is 414 g/mol. The number of carbonyl (C=O) groups excluding carboxylic acids is 1. The largest absolute Gasteiger partial charge is 0.478 e. The van der Waals surface area contributed by atoms with Crippen molar-refractivity contribution in [3.63, 3.8) is 0 Å². The van der Waals surface area contributed by atoms with Crippen LogP contribution >= 0.6 is 11.3 Å². The lowest BCUT2D eigenvalue weighted by Gasteiger charge is -2.01. The average molecular weight is 431 g/mol. The predicted molar refractivity (Wildman–Crippen MR) is 121 cm³/mol. The fourth-order valence-electron chi connectivity index (χ4n) is 3.04. The molecule has 4 rings (SSSR count). The van der Waals surface area contributed by atoms with E-state index in [1.165, 1.54) is 29.8 Å². The van der Waals surface area contributed by atoms with E-state index in [4.69, 9.17) is 10.8 Å². The number of aryl methyl sites for hydroxylation is 1. The van der Waals surface area contributed by atoms with Crippen molar-refractivity contribution < 1.29 is 14.7 Å². The lowest BCUT2D eigenvalue weighted by Crippen LogP contribution is -2.10. The van der Waals surface area contributed by atoms with Crippen LogP contribution in [-0.4, -0.2) is 33.2 Å². The van der Waals surface area contributed by atoms with Crippen LogP contribution in [0.15, 0.2) is 60.0 Å². The number of anilines is 1. The molecule has 0 aliphatic rings. The molecule has 0 unspecified atom stereocenters. The number of nitrogens with zero attached hydrogens (tertiary/aromatic N) is 3. The van der Waals surface area contributed by atoms with E-state index in [-0.39, 0.29) is 5.56 Å². The number of hydrogen-bond donors (Lipinski definition) is 3. The molecule has 0 aliphatic carbocycles. The Morgan fingerprint density at radius 1 is 1.06 bits per heavy atom. The molecule has 2 aromatic carbocycles. The number of fused-ring (bicyclic) bond motifs is 1. The SMILES string of the molecule is Cc1c(-c2ccc(C(N)=O)cc2)sc2c(NN=Cc3ccc(C(=O)O)cc3)ncnc12. The second-order valence-corrected chi connectivity index (χ2v) is 7.72. The molecule has 0 radical (unpaired) electrons. The van der Waals surface area contributed by atoms with Gasteiger partial charge in [0, 0.05) is 10.4 Å². The summed E-state index contributed by atoms with van der Waals surface area (Å²) in [5.41, 5.74) is 12.5. The highest BCUT2D eigenvalue weighted by molar-refractivity contribution is 7.23. The summed E-state index contributed by atoms with van der Waals surface area (Å²) in [5.74, 6) is -0.873. The minimum Gasteiger partial charge on any atom is -0.478 e. The molecule has 0 spiro atoms. The molecule has 154 valence electrons. The third kappa shape index (κ3) is 4.12. The van der Waals surface area contributed by atoms with Gasteiger partial charge in [-0.1, -0.05) is 24.3 Å². The molecule has 2 heterocycles. The Kier molecular flexibility index (Phi) is 5.42. The van der Waals surface area contributed by atoms with Gasteiger partial charge in [-0.3, -0.25) is 10.2 Å². The Bertz CT molecular complexity index is 1310. The van der Waals surface area contributed by atoms with Crippen molar-refractivity contribution >= 4 is 45.5 Å². The van der Waals surface area contributed by atoms with Crippen molar-refractivity contribution in [2.75, 3.05) is 5.43 Å². The average Bonchev–Trinajstić information content (AvgIpc) is 3.11. The Balaban J connectivity index is 1.61. The molecule has 4 N–H and O–H groups in total. The van der Waals surface area contributed by atoms with E-state index >= 15 is 0 Å². The van der Waals surface area contributed by atoms with Crippen LogP contribution in [0.4, 0.5) is 5.82 Å². The summed E-state index contributed by atoms with van der Waals surface area (Å²) in [6.45, 7) is 1.99. The summed E-state index contributed by atoms with van der Waals surface area (Å²) in [5, 5.41) is 13.2. The van der Waals surface area contributed by atoms with Gasteiger partial charge in [-0.15, -0.1) is 11.3 Å². The second kappa shape index (κ2) is 8.33. The Labute approximate surface area is 181 Å². The number of primary amides is 1. The van der Waals surface area contributed by atoms with Crippen molar-refractivity contribution in [3.8, 4) is 10.4 Å². The van der Waals surface area contributed by atoms with Gasteiger partial charge in [0.25, 0.3) is 0 Å². The van der Waals surface area contributed by atoms with E-state index < -0.39 is 11.9 Å². The van der Waals surface area contributed by atoms with Crippen molar-refractivity contribution in [2.24, 2.45) is 10.8 Å². The Hall–Kier alpha value is -4.11. The minimum absolute atomic E-state index is 0.216. The predicted octanol–water partition coefficient (Wildman–Crippen LogP) is 3.91. The minimum atomic E-state index is -0.974. The quantitative estimate of drug-likeness (QED) is 0.313. The number of hydrazone groups is 1.